The maximum absolute atomic E-state index is 4.75. The van der Waals surface area contributed by atoms with Crippen LogP contribution in [0.4, 0.5) is 5.69 Å². The van der Waals surface area contributed by atoms with Gasteiger partial charge in [-0.15, -0.1) is 0 Å². The molecule has 0 fully saturated rings. The van der Waals surface area contributed by atoms with Gasteiger partial charge >= 0.3 is 0 Å². The Morgan fingerprint density at radius 2 is 1.94 bits per heavy atom. The van der Waals surface area contributed by atoms with Crippen LogP contribution in [0.2, 0.25) is 0 Å². The van der Waals surface area contributed by atoms with Crippen LogP contribution < -0.4 is 5.32 Å². The molecule has 0 bridgehead atoms. The van der Waals surface area contributed by atoms with E-state index >= 15 is 0 Å². The lowest BCUT2D eigenvalue weighted by Crippen LogP contribution is -2.05. The zero-order valence-electron chi connectivity index (χ0n) is 11.1. The predicted molar refractivity (Wildman–Crippen MR) is 74.8 cm³/mol. The fourth-order valence-corrected chi connectivity index (χ4v) is 2.40. The second-order valence-corrected chi connectivity index (χ2v) is 4.41. The summed E-state index contributed by atoms with van der Waals surface area (Å²) in [7, 11) is 0. The molecule has 1 aromatic carbocycles. The first-order valence-electron chi connectivity index (χ1n) is 6.31. The summed E-state index contributed by atoms with van der Waals surface area (Å²) < 4.78 is 0. The molecular formula is C15H20N2. The predicted octanol–water partition coefficient (Wildman–Crippen LogP) is 3.85. The maximum atomic E-state index is 4.75. The molecular weight excluding hydrogens is 208 g/mol. The molecule has 2 heteroatoms. The Morgan fingerprint density at radius 3 is 2.59 bits per heavy atom. The van der Waals surface area contributed by atoms with Crippen molar-refractivity contribution in [3.8, 4) is 0 Å². The summed E-state index contributed by atoms with van der Waals surface area (Å²) in [5.41, 5.74) is 6.11. The first kappa shape index (κ1) is 11.9. The molecule has 0 aliphatic rings. The zero-order valence-corrected chi connectivity index (χ0v) is 11.1. The summed E-state index contributed by atoms with van der Waals surface area (Å²) in [5, 5.41) is 4.74. The van der Waals surface area contributed by atoms with E-state index in [9.17, 15) is 0 Å². The van der Waals surface area contributed by atoms with Crippen molar-refractivity contribution < 1.29 is 0 Å². The number of fused-ring (bicyclic) bond motifs is 1. The number of benzene rings is 1. The third-order valence-electron chi connectivity index (χ3n) is 3.23. The number of nitrogens with one attached hydrogen (secondary N) is 1. The molecule has 1 N–H and O–H groups in total. The molecule has 0 aliphatic carbocycles. The van der Waals surface area contributed by atoms with Gasteiger partial charge in [-0.2, -0.15) is 0 Å². The van der Waals surface area contributed by atoms with E-state index in [-0.39, 0.29) is 0 Å². The van der Waals surface area contributed by atoms with Crippen molar-refractivity contribution in [2.45, 2.75) is 34.1 Å². The Balaban J connectivity index is 2.82. The maximum Gasteiger partial charge on any atom is 0.0755 e. The Bertz CT molecular complexity index is 544. The fourth-order valence-electron chi connectivity index (χ4n) is 2.40. The monoisotopic (exact) mass is 228 g/mol. The highest BCUT2D eigenvalue weighted by Crippen LogP contribution is 2.30. The lowest BCUT2D eigenvalue weighted by molar-refractivity contribution is 1.05. The minimum atomic E-state index is 0.944. The van der Waals surface area contributed by atoms with Crippen molar-refractivity contribution in [3.05, 3.63) is 35.0 Å². The van der Waals surface area contributed by atoms with E-state index in [1.807, 2.05) is 0 Å². The van der Waals surface area contributed by atoms with E-state index in [4.69, 9.17) is 4.98 Å². The number of pyridine rings is 1. The Hall–Kier alpha value is -1.57. The molecule has 2 aromatic rings. The SMILES string of the molecule is CCNc1c(CC)c(C)nc2c(C)cccc12. The van der Waals surface area contributed by atoms with Crippen LogP contribution in [0, 0.1) is 13.8 Å². The van der Waals surface area contributed by atoms with E-state index in [0.29, 0.717) is 0 Å². The molecule has 2 nitrogen and oxygen atoms in total. The minimum absolute atomic E-state index is 0.944. The molecule has 0 amide bonds. The molecule has 0 unspecified atom stereocenters. The number of aryl methyl sites for hydroxylation is 2. The van der Waals surface area contributed by atoms with Crippen molar-refractivity contribution >= 4 is 16.6 Å². The second kappa shape index (κ2) is 4.74. The molecule has 1 aromatic heterocycles. The van der Waals surface area contributed by atoms with Gasteiger partial charge in [-0.1, -0.05) is 25.1 Å². The first-order valence-corrected chi connectivity index (χ1v) is 6.31. The van der Waals surface area contributed by atoms with E-state index in [0.717, 1.165) is 24.2 Å². The van der Waals surface area contributed by atoms with Crippen molar-refractivity contribution in [1.82, 2.24) is 4.98 Å². The molecule has 17 heavy (non-hydrogen) atoms. The molecule has 0 atom stereocenters. The van der Waals surface area contributed by atoms with Gasteiger partial charge in [0.2, 0.25) is 0 Å². The van der Waals surface area contributed by atoms with Gasteiger partial charge in [0.1, 0.15) is 0 Å². The van der Waals surface area contributed by atoms with Gasteiger partial charge in [0.15, 0.2) is 0 Å². The topological polar surface area (TPSA) is 24.9 Å². The molecule has 0 radical (unpaired) electrons. The first-order chi connectivity index (χ1) is 8.19. The minimum Gasteiger partial charge on any atom is -0.384 e. The van der Waals surface area contributed by atoms with Crippen molar-refractivity contribution in [3.63, 3.8) is 0 Å². The lowest BCUT2D eigenvalue weighted by Gasteiger charge is -2.16. The van der Waals surface area contributed by atoms with Gasteiger partial charge in [0, 0.05) is 23.3 Å². The highest BCUT2D eigenvalue weighted by atomic mass is 14.9. The quantitative estimate of drug-likeness (QED) is 0.863. The fraction of sp³-hybridized carbons (Fsp3) is 0.400. The number of hydrogen-bond donors (Lipinski definition) is 1. The number of nitrogens with zero attached hydrogens (tertiary/aromatic N) is 1. The van der Waals surface area contributed by atoms with Crippen LogP contribution in [0.5, 0.6) is 0 Å². The average Bonchev–Trinajstić information content (AvgIpc) is 2.31. The number of rotatable bonds is 3. The Morgan fingerprint density at radius 1 is 1.18 bits per heavy atom. The Labute approximate surface area is 103 Å². The smallest absolute Gasteiger partial charge is 0.0755 e. The number of aromatic nitrogens is 1. The second-order valence-electron chi connectivity index (χ2n) is 4.41. The summed E-state index contributed by atoms with van der Waals surface area (Å²) in [6.07, 6.45) is 1.02. The van der Waals surface area contributed by atoms with Crippen molar-refractivity contribution in [1.29, 1.82) is 0 Å². The van der Waals surface area contributed by atoms with Crippen molar-refractivity contribution in [2.24, 2.45) is 0 Å². The van der Waals surface area contributed by atoms with Gasteiger partial charge in [0.05, 0.1) is 5.52 Å². The van der Waals surface area contributed by atoms with Crippen LogP contribution >= 0.6 is 0 Å². The highest BCUT2D eigenvalue weighted by Gasteiger charge is 2.11. The largest absolute Gasteiger partial charge is 0.384 e. The summed E-state index contributed by atoms with van der Waals surface area (Å²) in [4.78, 5) is 4.75. The van der Waals surface area contributed by atoms with E-state index in [1.54, 1.807) is 0 Å². The standard InChI is InChI=1S/C15H20N2/c1-5-12-11(4)17-14-10(3)8-7-9-13(14)15(12)16-6-2/h7-9H,5-6H2,1-4H3,(H,16,17). The Kier molecular flexibility index (Phi) is 3.32. The van der Waals surface area contributed by atoms with Gasteiger partial charge in [0.25, 0.3) is 0 Å². The number of anilines is 1. The van der Waals surface area contributed by atoms with Crippen molar-refractivity contribution in [2.75, 3.05) is 11.9 Å². The molecule has 0 spiro atoms. The van der Waals surface area contributed by atoms with Crippen LogP contribution in [-0.4, -0.2) is 11.5 Å². The lowest BCUT2D eigenvalue weighted by atomic mass is 10.0. The molecule has 0 saturated heterocycles. The third kappa shape index (κ3) is 1.99. The number of para-hydroxylation sites is 1. The van der Waals surface area contributed by atoms with Gasteiger partial charge in [-0.05, 0) is 38.3 Å². The van der Waals surface area contributed by atoms with Crippen LogP contribution in [0.25, 0.3) is 10.9 Å². The molecule has 0 aliphatic heterocycles. The molecule has 1 heterocycles. The summed E-state index contributed by atoms with van der Waals surface area (Å²) in [6, 6.07) is 6.39. The number of hydrogen-bond acceptors (Lipinski definition) is 2. The van der Waals surface area contributed by atoms with Crippen LogP contribution in [0.1, 0.15) is 30.7 Å². The molecule has 90 valence electrons. The summed E-state index contributed by atoms with van der Waals surface area (Å²) in [6.45, 7) is 9.49. The van der Waals surface area contributed by atoms with Crippen LogP contribution in [0.3, 0.4) is 0 Å². The van der Waals surface area contributed by atoms with Crippen LogP contribution in [0.15, 0.2) is 18.2 Å². The van der Waals surface area contributed by atoms with Gasteiger partial charge in [-0.25, -0.2) is 0 Å². The molecule has 0 saturated carbocycles. The zero-order chi connectivity index (χ0) is 12.4. The van der Waals surface area contributed by atoms with Crippen LogP contribution in [-0.2, 0) is 6.42 Å². The normalized spacial score (nSPS) is 10.8. The third-order valence-corrected chi connectivity index (χ3v) is 3.23. The van der Waals surface area contributed by atoms with E-state index in [2.05, 4.69) is 51.2 Å². The van der Waals surface area contributed by atoms with Gasteiger partial charge in [-0.3, -0.25) is 4.98 Å². The van der Waals surface area contributed by atoms with Gasteiger partial charge < -0.3 is 5.32 Å². The molecule has 2 rings (SSSR count). The van der Waals surface area contributed by atoms with E-state index in [1.165, 1.54) is 22.2 Å². The summed E-state index contributed by atoms with van der Waals surface area (Å²) in [5.74, 6) is 0. The highest BCUT2D eigenvalue weighted by molar-refractivity contribution is 5.95. The van der Waals surface area contributed by atoms with E-state index < -0.39 is 0 Å². The summed E-state index contributed by atoms with van der Waals surface area (Å²) >= 11 is 0. The average molecular weight is 228 g/mol.